The van der Waals surface area contributed by atoms with Crippen LogP contribution in [0.1, 0.15) is 23.7 Å². The van der Waals surface area contributed by atoms with Gasteiger partial charge in [-0.2, -0.15) is 0 Å². The number of nitrogens with one attached hydrogen (secondary N) is 1. The first kappa shape index (κ1) is 10.1. The van der Waals surface area contributed by atoms with Gasteiger partial charge in [-0.15, -0.1) is 16.4 Å². The van der Waals surface area contributed by atoms with E-state index in [0.717, 1.165) is 0 Å². The predicted octanol–water partition coefficient (Wildman–Crippen LogP) is 1.76. The highest BCUT2D eigenvalue weighted by molar-refractivity contribution is 7.10. The van der Waals surface area contributed by atoms with Crippen molar-refractivity contribution in [2.75, 3.05) is 5.32 Å². The van der Waals surface area contributed by atoms with Crippen molar-refractivity contribution < 1.29 is 4.42 Å². The van der Waals surface area contributed by atoms with Crippen molar-refractivity contribution in [2.24, 2.45) is 5.73 Å². The lowest BCUT2D eigenvalue weighted by Gasteiger charge is -2.08. The van der Waals surface area contributed by atoms with Gasteiger partial charge < -0.3 is 15.5 Å². The predicted molar refractivity (Wildman–Crippen MR) is 58.5 cm³/mol. The highest BCUT2D eigenvalue weighted by atomic mass is 32.1. The van der Waals surface area contributed by atoms with Crippen LogP contribution in [0.3, 0.4) is 0 Å². The molecule has 0 aromatic carbocycles. The van der Waals surface area contributed by atoms with Gasteiger partial charge in [0.2, 0.25) is 5.89 Å². The maximum absolute atomic E-state index is 5.37. The molecule has 0 aliphatic carbocycles. The van der Waals surface area contributed by atoms with E-state index in [1.807, 2.05) is 18.4 Å². The summed E-state index contributed by atoms with van der Waals surface area (Å²) in [6.07, 6.45) is 0. The van der Waals surface area contributed by atoms with Crippen LogP contribution in [0.25, 0.3) is 0 Å². The number of nitrogens with two attached hydrogens (primary N) is 1. The highest BCUT2D eigenvalue weighted by Gasteiger charge is 2.10. The first-order valence-corrected chi connectivity index (χ1v) is 5.50. The van der Waals surface area contributed by atoms with Crippen LogP contribution in [-0.2, 0) is 6.54 Å². The van der Waals surface area contributed by atoms with Crippen LogP contribution in [0, 0.1) is 0 Å². The second-order valence-corrected chi connectivity index (χ2v) is 4.07. The summed E-state index contributed by atoms with van der Waals surface area (Å²) in [6.45, 7) is 2.31. The zero-order valence-electron chi connectivity index (χ0n) is 8.30. The Kier molecular flexibility index (Phi) is 2.98. The lowest BCUT2D eigenvalue weighted by molar-refractivity contribution is 0.503. The van der Waals surface area contributed by atoms with Gasteiger partial charge in [-0.05, 0) is 18.4 Å². The van der Waals surface area contributed by atoms with Crippen molar-refractivity contribution in [1.29, 1.82) is 0 Å². The normalized spacial score (nSPS) is 12.7. The molecule has 3 N–H and O–H groups in total. The molecule has 2 aromatic rings. The number of hydrogen-bond donors (Lipinski definition) is 2. The number of thiophene rings is 1. The summed E-state index contributed by atoms with van der Waals surface area (Å²) in [5.41, 5.74) is 5.37. The number of hydrogen-bond acceptors (Lipinski definition) is 6. The summed E-state index contributed by atoms with van der Waals surface area (Å²) in [4.78, 5) is 1.22. The summed E-state index contributed by atoms with van der Waals surface area (Å²) in [5, 5.41) is 12.7. The van der Waals surface area contributed by atoms with Gasteiger partial charge in [0.05, 0.1) is 12.6 Å². The molecule has 2 aromatic heterocycles. The third kappa shape index (κ3) is 2.34. The topological polar surface area (TPSA) is 77.0 Å². The summed E-state index contributed by atoms with van der Waals surface area (Å²) in [7, 11) is 0. The molecule has 0 aliphatic heterocycles. The zero-order chi connectivity index (χ0) is 10.7. The van der Waals surface area contributed by atoms with E-state index >= 15 is 0 Å². The second kappa shape index (κ2) is 4.41. The Morgan fingerprint density at radius 1 is 1.60 bits per heavy atom. The van der Waals surface area contributed by atoms with Crippen molar-refractivity contribution in [2.45, 2.75) is 19.5 Å². The smallest absolute Gasteiger partial charge is 0.316 e. The molecule has 1 atom stereocenters. The fourth-order valence-corrected chi connectivity index (χ4v) is 1.92. The molecule has 0 saturated carbocycles. The van der Waals surface area contributed by atoms with Gasteiger partial charge in [0.25, 0.3) is 0 Å². The Labute approximate surface area is 91.3 Å². The molecule has 0 saturated heterocycles. The Balaban J connectivity index is 2.02. The molecule has 5 nitrogen and oxygen atoms in total. The summed E-state index contributed by atoms with van der Waals surface area (Å²) >= 11 is 1.69. The maximum Gasteiger partial charge on any atom is 0.316 e. The van der Waals surface area contributed by atoms with Crippen LogP contribution in [0.5, 0.6) is 0 Å². The van der Waals surface area contributed by atoms with Crippen LogP contribution in [0.2, 0.25) is 0 Å². The van der Waals surface area contributed by atoms with Crippen LogP contribution >= 0.6 is 11.3 Å². The third-order valence-electron chi connectivity index (χ3n) is 1.95. The van der Waals surface area contributed by atoms with Crippen molar-refractivity contribution in [3.05, 3.63) is 28.3 Å². The van der Waals surface area contributed by atoms with Gasteiger partial charge in [-0.1, -0.05) is 11.2 Å². The number of nitrogens with zero attached hydrogens (tertiary/aromatic N) is 2. The Morgan fingerprint density at radius 2 is 2.47 bits per heavy atom. The van der Waals surface area contributed by atoms with Gasteiger partial charge in [0, 0.05) is 4.88 Å². The molecular formula is C9H12N4OS. The molecule has 15 heavy (non-hydrogen) atoms. The molecule has 80 valence electrons. The first-order valence-electron chi connectivity index (χ1n) is 4.62. The van der Waals surface area contributed by atoms with Gasteiger partial charge >= 0.3 is 6.01 Å². The van der Waals surface area contributed by atoms with Crippen LogP contribution < -0.4 is 11.1 Å². The molecule has 0 spiro atoms. The van der Waals surface area contributed by atoms with E-state index in [-0.39, 0.29) is 12.6 Å². The zero-order valence-corrected chi connectivity index (χ0v) is 9.12. The van der Waals surface area contributed by atoms with Gasteiger partial charge in [-0.25, -0.2) is 0 Å². The van der Waals surface area contributed by atoms with Gasteiger partial charge in [0.1, 0.15) is 0 Å². The molecule has 6 heteroatoms. The van der Waals surface area contributed by atoms with Gasteiger partial charge in [-0.3, -0.25) is 0 Å². The van der Waals surface area contributed by atoms with Crippen molar-refractivity contribution in [3.8, 4) is 0 Å². The number of aromatic nitrogens is 2. The largest absolute Gasteiger partial charge is 0.407 e. The lowest BCUT2D eigenvalue weighted by atomic mass is 10.3. The van der Waals surface area contributed by atoms with Crippen LogP contribution in [-0.4, -0.2) is 10.2 Å². The number of rotatable bonds is 4. The van der Waals surface area contributed by atoms with Crippen molar-refractivity contribution >= 4 is 17.4 Å². The van der Waals surface area contributed by atoms with E-state index in [0.29, 0.717) is 11.9 Å². The van der Waals surface area contributed by atoms with Gasteiger partial charge in [0.15, 0.2) is 0 Å². The second-order valence-electron chi connectivity index (χ2n) is 3.09. The van der Waals surface area contributed by atoms with E-state index < -0.39 is 0 Å². The van der Waals surface area contributed by atoms with Crippen LogP contribution in [0.4, 0.5) is 6.01 Å². The SMILES string of the molecule is CC(Nc1nnc(CN)o1)c1cccs1. The molecule has 2 rings (SSSR count). The molecule has 0 amide bonds. The number of anilines is 1. The molecule has 1 unspecified atom stereocenters. The van der Waals surface area contributed by atoms with E-state index in [1.165, 1.54) is 4.88 Å². The summed E-state index contributed by atoms with van der Waals surface area (Å²) in [6, 6.07) is 4.65. The highest BCUT2D eigenvalue weighted by Crippen LogP contribution is 2.22. The molecule has 0 bridgehead atoms. The first-order chi connectivity index (χ1) is 7.29. The molecule has 0 aliphatic rings. The standard InChI is InChI=1S/C9H12N4OS/c1-6(7-3-2-4-15-7)11-9-13-12-8(5-10)14-9/h2-4,6H,5,10H2,1H3,(H,11,13). The molecule has 0 fully saturated rings. The summed E-state index contributed by atoms with van der Waals surface area (Å²) in [5.74, 6) is 0.441. The minimum atomic E-state index is 0.163. The Morgan fingerprint density at radius 3 is 3.07 bits per heavy atom. The monoisotopic (exact) mass is 224 g/mol. The van der Waals surface area contributed by atoms with Crippen molar-refractivity contribution in [3.63, 3.8) is 0 Å². The minimum absolute atomic E-state index is 0.163. The summed E-state index contributed by atoms with van der Waals surface area (Å²) < 4.78 is 5.25. The minimum Gasteiger partial charge on any atom is -0.407 e. The Bertz CT molecular complexity index is 411. The fraction of sp³-hybridized carbons (Fsp3) is 0.333. The van der Waals surface area contributed by atoms with E-state index in [2.05, 4.69) is 21.6 Å². The lowest BCUT2D eigenvalue weighted by Crippen LogP contribution is -2.04. The Hall–Kier alpha value is -1.40. The molecule has 2 heterocycles. The van der Waals surface area contributed by atoms with E-state index in [1.54, 1.807) is 11.3 Å². The average Bonchev–Trinajstić information content (AvgIpc) is 2.87. The quantitative estimate of drug-likeness (QED) is 0.827. The van der Waals surface area contributed by atoms with E-state index in [4.69, 9.17) is 10.2 Å². The van der Waals surface area contributed by atoms with Crippen LogP contribution in [0.15, 0.2) is 21.9 Å². The third-order valence-corrected chi connectivity index (χ3v) is 3.01. The van der Waals surface area contributed by atoms with Crippen molar-refractivity contribution in [1.82, 2.24) is 10.2 Å². The fourth-order valence-electron chi connectivity index (χ4n) is 1.19. The average molecular weight is 224 g/mol. The maximum atomic E-state index is 5.37. The molecular weight excluding hydrogens is 212 g/mol. The van der Waals surface area contributed by atoms with E-state index in [9.17, 15) is 0 Å². The molecule has 0 radical (unpaired) electrons.